The molecule has 0 spiro atoms. The lowest BCUT2D eigenvalue weighted by Crippen LogP contribution is -2.29. The molecule has 152 valence electrons. The minimum atomic E-state index is -4.02. The molecule has 2 N–H and O–H groups in total. The highest BCUT2D eigenvalue weighted by Crippen LogP contribution is 2.30. The van der Waals surface area contributed by atoms with E-state index >= 15 is 0 Å². The number of rotatable bonds is 8. The fourth-order valence-electron chi connectivity index (χ4n) is 2.85. The van der Waals surface area contributed by atoms with Crippen LogP contribution in [0.25, 0.3) is 11.3 Å². The summed E-state index contributed by atoms with van der Waals surface area (Å²) in [7, 11) is -2.76. The van der Waals surface area contributed by atoms with Gasteiger partial charge >= 0.3 is 0 Å². The summed E-state index contributed by atoms with van der Waals surface area (Å²) in [5.74, 6) is 0.363. The predicted octanol–water partition coefficient (Wildman–Crippen LogP) is 3.42. The summed E-state index contributed by atoms with van der Waals surface area (Å²) in [4.78, 5) is 17.6. The van der Waals surface area contributed by atoms with Crippen LogP contribution in [0.2, 0.25) is 0 Å². The zero-order valence-corrected chi connectivity index (χ0v) is 16.6. The van der Waals surface area contributed by atoms with Gasteiger partial charge in [-0.15, -0.1) is 0 Å². The average Bonchev–Trinajstić information content (AvgIpc) is 3.22. The molecule has 1 atom stereocenters. The molecule has 1 aromatic heterocycles. The Balaban J connectivity index is 1.89. The molecule has 3 rings (SSSR count). The summed E-state index contributed by atoms with van der Waals surface area (Å²) in [5, 5.41) is 10.9. The predicted molar refractivity (Wildman–Crippen MR) is 107 cm³/mol. The third-order valence-electron chi connectivity index (χ3n) is 4.36. The van der Waals surface area contributed by atoms with E-state index in [9.17, 15) is 18.5 Å². The second-order valence-electron chi connectivity index (χ2n) is 6.22. The second-order valence-corrected chi connectivity index (χ2v) is 7.90. The Morgan fingerprint density at radius 1 is 1.24 bits per heavy atom. The number of imidazole rings is 1. The van der Waals surface area contributed by atoms with Gasteiger partial charge in [0.1, 0.15) is 16.5 Å². The van der Waals surface area contributed by atoms with Gasteiger partial charge in [0.2, 0.25) is 10.0 Å². The first kappa shape index (κ1) is 20.5. The van der Waals surface area contributed by atoms with Gasteiger partial charge in [-0.25, -0.2) is 18.1 Å². The standard InChI is InChI=1S/C19H20N4O5S/c1-3-15(19-20-12-16(21-19)13-7-5-4-6-8-13)22-29(26,27)18-10-9-14(23(24)25)11-17(18)28-2/h4-12,15,22H,3H2,1-2H3,(H,20,21). The van der Waals surface area contributed by atoms with Crippen LogP contribution in [0.1, 0.15) is 25.2 Å². The molecule has 0 fully saturated rings. The smallest absolute Gasteiger partial charge is 0.273 e. The Labute approximate surface area is 168 Å². The Morgan fingerprint density at radius 3 is 2.59 bits per heavy atom. The summed E-state index contributed by atoms with van der Waals surface area (Å²) < 4.78 is 33.5. The van der Waals surface area contributed by atoms with E-state index in [2.05, 4.69) is 14.7 Å². The van der Waals surface area contributed by atoms with Crippen LogP contribution in [-0.4, -0.2) is 30.4 Å². The van der Waals surface area contributed by atoms with Gasteiger partial charge < -0.3 is 9.72 Å². The van der Waals surface area contributed by atoms with Crippen LogP contribution in [0.3, 0.4) is 0 Å². The van der Waals surface area contributed by atoms with Crippen LogP contribution in [0.15, 0.2) is 59.6 Å². The van der Waals surface area contributed by atoms with Crippen molar-refractivity contribution in [2.45, 2.75) is 24.3 Å². The normalized spacial score (nSPS) is 12.5. The van der Waals surface area contributed by atoms with Gasteiger partial charge in [0.15, 0.2) is 0 Å². The molecule has 0 amide bonds. The molecule has 0 aliphatic heterocycles. The molecule has 0 aliphatic rings. The van der Waals surface area contributed by atoms with Crippen LogP contribution in [0.5, 0.6) is 5.75 Å². The molecule has 0 bridgehead atoms. The van der Waals surface area contributed by atoms with Crippen molar-refractivity contribution in [3.05, 3.63) is 70.7 Å². The number of methoxy groups -OCH3 is 1. The fraction of sp³-hybridized carbons (Fsp3) is 0.211. The number of sulfonamides is 1. The molecule has 1 heterocycles. The number of H-pyrrole nitrogens is 1. The summed E-state index contributed by atoms with van der Waals surface area (Å²) in [5.41, 5.74) is 1.44. The molecular formula is C19H20N4O5S. The SMILES string of the molecule is CCC(NS(=O)(=O)c1ccc([N+](=O)[O-])cc1OC)c1ncc(-c2ccccc2)[nH]1. The van der Waals surface area contributed by atoms with Crippen molar-refractivity contribution in [1.82, 2.24) is 14.7 Å². The minimum absolute atomic E-state index is 0.106. The zero-order chi connectivity index (χ0) is 21.0. The van der Waals surface area contributed by atoms with Crippen molar-refractivity contribution in [3.63, 3.8) is 0 Å². The Morgan fingerprint density at radius 2 is 1.97 bits per heavy atom. The number of hydrogen-bond acceptors (Lipinski definition) is 6. The number of nitrogens with zero attached hydrogens (tertiary/aromatic N) is 2. The molecule has 3 aromatic rings. The van der Waals surface area contributed by atoms with Gasteiger partial charge in [-0.2, -0.15) is 0 Å². The summed E-state index contributed by atoms with van der Waals surface area (Å²) >= 11 is 0. The van der Waals surface area contributed by atoms with Crippen molar-refractivity contribution in [3.8, 4) is 17.0 Å². The summed E-state index contributed by atoms with van der Waals surface area (Å²) in [6.45, 7) is 1.82. The zero-order valence-electron chi connectivity index (χ0n) is 15.8. The highest BCUT2D eigenvalue weighted by Gasteiger charge is 2.26. The van der Waals surface area contributed by atoms with Crippen molar-refractivity contribution < 1.29 is 18.1 Å². The molecule has 0 radical (unpaired) electrons. The highest BCUT2D eigenvalue weighted by molar-refractivity contribution is 7.89. The number of nitro benzene ring substituents is 1. The van der Waals surface area contributed by atoms with Crippen LogP contribution in [-0.2, 0) is 10.0 Å². The van der Waals surface area contributed by atoms with Crippen molar-refractivity contribution >= 4 is 15.7 Å². The van der Waals surface area contributed by atoms with Gasteiger partial charge in [-0.1, -0.05) is 37.3 Å². The van der Waals surface area contributed by atoms with Crippen molar-refractivity contribution in [2.24, 2.45) is 0 Å². The fourth-order valence-corrected chi connectivity index (χ4v) is 4.29. The summed E-state index contributed by atoms with van der Waals surface area (Å²) in [6, 6.07) is 12.3. The molecule has 29 heavy (non-hydrogen) atoms. The lowest BCUT2D eigenvalue weighted by molar-refractivity contribution is -0.385. The number of nitro groups is 1. The van der Waals surface area contributed by atoms with E-state index in [1.165, 1.54) is 7.11 Å². The Bertz CT molecular complexity index is 1110. The van der Waals surface area contributed by atoms with Crippen molar-refractivity contribution in [1.29, 1.82) is 0 Å². The first-order chi connectivity index (χ1) is 13.9. The molecule has 2 aromatic carbocycles. The van der Waals surface area contributed by atoms with E-state index in [0.717, 1.165) is 29.5 Å². The van der Waals surface area contributed by atoms with Crippen LogP contribution < -0.4 is 9.46 Å². The molecule has 0 saturated heterocycles. The summed E-state index contributed by atoms with van der Waals surface area (Å²) in [6.07, 6.45) is 2.09. The Kier molecular flexibility index (Phi) is 5.95. The lowest BCUT2D eigenvalue weighted by Gasteiger charge is -2.16. The molecule has 0 saturated carbocycles. The van der Waals surface area contributed by atoms with Gasteiger partial charge in [-0.3, -0.25) is 10.1 Å². The van der Waals surface area contributed by atoms with E-state index in [1.807, 2.05) is 37.3 Å². The van der Waals surface area contributed by atoms with E-state index in [1.54, 1.807) is 6.20 Å². The molecule has 9 nitrogen and oxygen atoms in total. The minimum Gasteiger partial charge on any atom is -0.495 e. The second kappa shape index (κ2) is 8.41. The van der Waals surface area contributed by atoms with E-state index in [4.69, 9.17) is 4.74 Å². The number of ether oxygens (including phenoxy) is 1. The molecule has 1 unspecified atom stereocenters. The number of aromatic amines is 1. The highest BCUT2D eigenvalue weighted by atomic mass is 32.2. The molecule has 10 heteroatoms. The number of hydrogen-bond donors (Lipinski definition) is 2. The maximum Gasteiger partial charge on any atom is 0.273 e. The van der Waals surface area contributed by atoms with Crippen LogP contribution >= 0.6 is 0 Å². The maximum atomic E-state index is 12.9. The first-order valence-corrected chi connectivity index (χ1v) is 10.3. The Hall–Kier alpha value is -3.24. The van der Waals surface area contributed by atoms with Crippen LogP contribution in [0, 0.1) is 10.1 Å². The third kappa shape index (κ3) is 4.44. The van der Waals surface area contributed by atoms with Crippen LogP contribution in [0.4, 0.5) is 5.69 Å². The van der Waals surface area contributed by atoms with E-state index in [-0.39, 0.29) is 16.3 Å². The monoisotopic (exact) mass is 416 g/mol. The van der Waals surface area contributed by atoms with Gasteiger partial charge in [0.05, 0.1) is 36.0 Å². The quantitative estimate of drug-likeness (QED) is 0.428. The lowest BCUT2D eigenvalue weighted by atomic mass is 10.2. The van der Waals surface area contributed by atoms with E-state index < -0.39 is 21.0 Å². The van der Waals surface area contributed by atoms with Crippen molar-refractivity contribution in [2.75, 3.05) is 7.11 Å². The molecule has 0 aliphatic carbocycles. The average molecular weight is 416 g/mol. The third-order valence-corrected chi connectivity index (χ3v) is 5.87. The molecular weight excluding hydrogens is 396 g/mol. The number of aromatic nitrogens is 2. The number of nitrogens with one attached hydrogen (secondary N) is 2. The number of non-ortho nitro benzene ring substituents is 1. The van der Waals surface area contributed by atoms with Gasteiger partial charge in [0.25, 0.3) is 5.69 Å². The largest absolute Gasteiger partial charge is 0.495 e. The maximum absolute atomic E-state index is 12.9. The van der Waals surface area contributed by atoms with Gasteiger partial charge in [0, 0.05) is 6.07 Å². The van der Waals surface area contributed by atoms with E-state index in [0.29, 0.717) is 12.2 Å². The number of benzene rings is 2. The van der Waals surface area contributed by atoms with Gasteiger partial charge in [-0.05, 0) is 18.1 Å². The first-order valence-electron chi connectivity index (χ1n) is 8.80. The topological polar surface area (TPSA) is 127 Å².